The van der Waals surface area contributed by atoms with Crippen LogP contribution < -0.4 is 15.4 Å². The van der Waals surface area contributed by atoms with E-state index in [1.165, 1.54) is 7.11 Å². The summed E-state index contributed by atoms with van der Waals surface area (Å²) in [5, 5.41) is 0. The van der Waals surface area contributed by atoms with Gasteiger partial charge in [-0.15, -0.1) is 0 Å². The molecule has 1 rings (SSSR count). The first-order valence-corrected chi connectivity index (χ1v) is 6.83. The molecule has 0 fully saturated rings. The van der Waals surface area contributed by atoms with E-state index in [2.05, 4.69) is 47.5 Å². The SMILES string of the molecule is CCC(CC)N(CC(C)C)c1nc(N)nc(OC)n1. The van der Waals surface area contributed by atoms with Crippen LogP contribution >= 0.6 is 0 Å². The summed E-state index contributed by atoms with van der Waals surface area (Å²) in [6, 6.07) is 0.663. The summed E-state index contributed by atoms with van der Waals surface area (Å²) in [5.74, 6) is 1.32. The van der Waals surface area contributed by atoms with Gasteiger partial charge in [0.1, 0.15) is 0 Å². The summed E-state index contributed by atoms with van der Waals surface area (Å²) < 4.78 is 5.07. The zero-order chi connectivity index (χ0) is 14.4. The van der Waals surface area contributed by atoms with Crippen LogP contribution in [0.25, 0.3) is 0 Å². The topological polar surface area (TPSA) is 77.2 Å². The van der Waals surface area contributed by atoms with Crippen molar-refractivity contribution in [2.24, 2.45) is 5.92 Å². The van der Waals surface area contributed by atoms with E-state index in [9.17, 15) is 0 Å². The van der Waals surface area contributed by atoms with Crippen LogP contribution in [-0.2, 0) is 0 Å². The van der Waals surface area contributed by atoms with Gasteiger partial charge in [0.15, 0.2) is 0 Å². The molecule has 0 aliphatic carbocycles. The first-order valence-electron chi connectivity index (χ1n) is 6.83. The van der Waals surface area contributed by atoms with Crippen LogP contribution in [0.5, 0.6) is 6.01 Å². The van der Waals surface area contributed by atoms with E-state index in [1.807, 2.05) is 0 Å². The second-order valence-corrected chi connectivity index (χ2v) is 5.00. The molecule has 108 valence electrons. The highest BCUT2D eigenvalue weighted by molar-refractivity contribution is 5.37. The molecule has 2 N–H and O–H groups in total. The first-order chi connectivity index (χ1) is 9.01. The molecule has 6 heteroatoms. The Morgan fingerprint density at radius 2 is 1.79 bits per heavy atom. The second kappa shape index (κ2) is 7.11. The van der Waals surface area contributed by atoms with Gasteiger partial charge in [0, 0.05) is 12.6 Å². The van der Waals surface area contributed by atoms with Gasteiger partial charge in [-0.2, -0.15) is 15.0 Å². The number of nitrogens with zero attached hydrogens (tertiary/aromatic N) is 4. The summed E-state index contributed by atoms with van der Waals surface area (Å²) in [4.78, 5) is 14.7. The lowest BCUT2D eigenvalue weighted by Crippen LogP contribution is -2.38. The number of rotatable bonds is 7. The van der Waals surface area contributed by atoms with Gasteiger partial charge < -0.3 is 15.4 Å². The highest BCUT2D eigenvalue weighted by Crippen LogP contribution is 2.20. The molecule has 0 amide bonds. The molecule has 1 heterocycles. The molecule has 0 atom stereocenters. The van der Waals surface area contributed by atoms with Crippen molar-refractivity contribution in [3.05, 3.63) is 0 Å². The lowest BCUT2D eigenvalue weighted by molar-refractivity contribution is 0.377. The molecule has 0 aliphatic heterocycles. The summed E-state index contributed by atoms with van der Waals surface area (Å²) in [6.45, 7) is 9.58. The maximum Gasteiger partial charge on any atom is 0.322 e. The Morgan fingerprint density at radius 3 is 2.26 bits per heavy atom. The molecule has 0 bridgehead atoms. The van der Waals surface area contributed by atoms with Crippen molar-refractivity contribution < 1.29 is 4.74 Å². The number of nitrogen functional groups attached to an aromatic ring is 1. The van der Waals surface area contributed by atoms with Gasteiger partial charge >= 0.3 is 6.01 Å². The molecule has 0 spiro atoms. The molecule has 0 radical (unpaired) electrons. The molecule has 0 aromatic carbocycles. The highest BCUT2D eigenvalue weighted by atomic mass is 16.5. The van der Waals surface area contributed by atoms with Crippen LogP contribution in [0.1, 0.15) is 40.5 Å². The van der Waals surface area contributed by atoms with Crippen molar-refractivity contribution in [1.82, 2.24) is 15.0 Å². The van der Waals surface area contributed by atoms with E-state index in [4.69, 9.17) is 10.5 Å². The van der Waals surface area contributed by atoms with Gasteiger partial charge in [-0.1, -0.05) is 27.7 Å². The summed E-state index contributed by atoms with van der Waals surface area (Å²) in [5.41, 5.74) is 5.72. The van der Waals surface area contributed by atoms with Crippen LogP contribution in [-0.4, -0.2) is 34.6 Å². The minimum atomic E-state index is 0.196. The smallest absolute Gasteiger partial charge is 0.322 e. The van der Waals surface area contributed by atoms with Crippen LogP contribution in [0.15, 0.2) is 0 Å². The number of nitrogens with two attached hydrogens (primary N) is 1. The van der Waals surface area contributed by atoms with Crippen molar-refractivity contribution >= 4 is 11.9 Å². The average Bonchev–Trinajstić information content (AvgIpc) is 2.37. The van der Waals surface area contributed by atoms with E-state index in [1.54, 1.807) is 0 Å². The molecule has 19 heavy (non-hydrogen) atoms. The van der Waals surface area contributed by atoms with Crippen molar-refractivity contribution in [3.63, 3.8) is 0 Å². The lowest BCUT2D eigenvalue weighted by Gasteiger charge is -2.32. The Hall–Kier alpha value is -1.59. The predicted octanol–water partition coefficient (Wildman–Crippen LogP) is 2.11. The molecule has 0 saturated carbocycles. The fourth-order valence-corrected chi connectivity index (χ4v) is 2.10. The van der Waals surface area contributed by atoms with Crippen LogP contribution in [0.2, 0.25) is 0 Å². The molecule has 0 aliphatic rings. The molecule has 1 aromatic rings. The van der Waals surface area contributed by atoms with Gasteiger partial charge in [-0.05, 0) is 18.8 Å². The largest absolute Gasteiger partial charge is 0.467 e. The van der Waals surface area contributed by atoms with E-state index < -0.39 is 0 Å². The normalized spacial score (nSPS) is 11.1. The van der Waals surface area contributed by atoms with Crippen molar-refractivity contribution in [2.45, 2.75) is 46.6 Å². The maximum atomic E-state index is 5.72. The molecular weight excluding hydrogens is 242 g/mol. The molecule has 6 nitrogen and oxygen atoms in total. The maximum absolute atomic E-state index is 5.72. The summed E-state index contributed by atoms with van der Waals surface area (Å²) >= 11 is 0. The zero-order valence-corrected chi connectivity index (χ0v) is 12.6. The van der Waals surface area contributed by atoms with E-state index >= 15 is 0 Å². The predicted molar refractivity (Wildman–Crippen MR) is 77.3 cm³/mol. The highest BCUT2D eigenvalue weighted by Gasteiger charge is 2.21. The quantitative estimate of drug-likeness (QED) is 0.815. The van der Waals surface area contributed by atoms with E-state index in [0.29, 0.717) is 17.9 Å². The Bertz CT molecular complexity index is 393. The lowest BCUT2D eigenvalue weighted by atomic mass is 10.1. The van der Waals surface area contributed by atoms with E-state index in [0.717, 1.165) is 19.4 Å². The van der Waals surface area contributed by atoms with Crippen molar-refractivity contribution in [3.8, 4) is 6.01 Å². The van der Waals surface area contributed by atoms with Crippen LogP contribution in [0, 0.1) is 5.92 Å². The summed E-state index contributed by atoms with van der Waals surface area (Å²) in [7, 11) is 1.53. The van der Waals surface area contributed by atoms with Crippen LogP contribution in [0.3, 0.4) is 0 Å². The fraction of sp³-hybridized carbons (Fsp3) is 0.769. The number of hydrogen-bond donors (Lipinski definition) is 1. The Labute approximate surface area is 115 Å². The summed E-state index contributed by atoms with van der Waals surface area (Å²) in [6.07, 6.45) is 2.08. The zero-order valence-electron chi connectivity index (χ0n) is 12.6. The first kappa shape index (κ1) is 15.5. The number of hydrogen-bond acceptors (Lipinski definition) is 6. The van der Waals surface area contributed by atoms with E-state index in [-0.39, 0.29) is 12.0 Å². The standard InChI is InChI=1S/C13H25N5O/c1-6-10(7-2)18(8-9(3)4)12-15-11(14)16-13(17-12)19-5/h9-10H,6-8H2,1-5H3,(H2,14,15,16,17). The molecule has 1 aromatic heterocycles. The van der Waals surface area contributed by atoms with Gasteiger partial charge in [0.25, 0.3) is 0 Å². The van der Waals surface area contributed by atoms with Crippen molar-refractivity contribution in [1.29, 1.82) is 0 Å². The van der Waals surface area contributed by atoms with Gasteiger partial charge in [-0.25, -0.2) is 0 Å². The minimum absolute atomic E-state index is 0.196. The average molecular weight is 267 g/mol. The molecular formula is C13H25N5O. The Morgan fingerprint density at radius 1 is 1.16 bits per heavy atom. The van der Waals surface area contributed by atoms with Gasteiger partial charge in [0.2, 0.25) is 11.9 Å². The number of anilines is 2. The molecule has 0 unspecified atom stereocenters. The molecule has 0 saturated heterocycles. The van der Waals surface area contributed by atoms with Crippen molar-refractivity contribution in [2.75, 3.05) is 24.3 Å². The van der Waals surface area contributed by atoms with Gasteiger partial charge in [0.05, 0.1) is 7.11 Å². The van der Waals surface area contributed by atoms with Crippen LogP contribution in [0.4, 0.5) is 11.9 Å². The third-order valence-electron chi connectivity index (χ3n) is 3.00. The van der Waals surface area contributed by atoms with Gasteiger partial charge in [-0.3, -0.25) is 0 Å². The third kappa shape index (κ3) is 4.22. The monoisotopic (exact) mass is 267 g/mol. The fourth-order valence-electron chi connectivity index (χ4n) is 2.10. The third-order valence-corrected chi connectivity index (χ3v) is 3.00. The Kier molecular flexibility index (Phi) is 5.79. The minimum Gasteiger partial charge on any atom is -0.467 e. The number of aromatic nitrogens is 3. The number of methoxy groups -OCH3 is 1. The number of ether oxygens (including phenoxy) is 1. The Balaban J connectivity index is 3.11. The second-order valence-electron chi connectivity index (χ2n) is 5.00.